The molecule has 0 saturated carbocycles. The molecule has 1 heteroatoms. The van der Waals surface area contributed by atoms with E-state index in [9.17, 15) is 5.11 Å². The summed E-state index contributed by atoms with van der Waals surface area (Å²) in [5.41, 5.74) is 0. The monoisotopic (exact) mass is 139 g/mol. The topological polar surface area (TPSA) is 19.9 Å². The lowest BCUT2D eigenvalue weighted by molar-refractivity contribution is 0.349. The van der Waals surface area contributed by atoms with Crippen LogP contribution in [0.15, 0.2) is 25.0 Å². The van der Waals surface area contributed by atoms with Crippen LogP contribution in [0.25, 0.3) is 0 Å². The molecule has 0 spiro atoms. The summed E-state index contributed by atoms with van der Waals surface area (Å²) < 4.78 is 0. The predicted molar refractivity (Wildman–Crippen MR) is 43.1 cm³/mol. The summed E-state index contributed by atoms with van der Waals surface area (Å²) in [5.74, 6) is 0. The number of rotatable bonds is 6. The number of hydrogen-bond donors (Lipinski definition) is 0. The van der Waals surface area contributed by atoms with E-state index in [2.05, 4.69) is 6.58 Å². The van der Waals surface area contributed by atoms with Crippen molar-refractivity contribution in [2.75, 3.05) is 0 Å². The first-order chi connectivity index (χ1) is 4.91. The molecule has 10 heavy (non-hydrogen) atoms. The molecule has 0 rings (SSSR count). The van der Waals surface area contributed by atoms with Crippen molar-refractivity contribution in [1.29, 1.82) is 0 Å². The van der Waals surface area contributed by atoms with Crippen LogP contribution < -0.4 is 0 Å². The third kappa shape index (κ3) is 7.28. The lowest BCUT2D eigenvalue weighted by Crippen LogP contribution is -1.73. The molecular weight excluding hydrogens is 124 g/mol. The van der Waals surface area contributed by atoms with Crippen LogP contribution in [0.4, 0.5) is 0 Å². The van der Waals surface area contributed by atoms with E-state index in [1.807, 2.05) is 6.08 Å². The van der Waals surface area contributed by atoms with Crippen LogP contribution in [-0.2, 0) is 5.11 Å². The average Bonchev–Trinajstić information content (AvgIpc) is 1.97. The highest BCUT2D eigenvalue weighted by molar-refractivity contribution is 4.71. The fourth-order valence-corrected chi connectivity index (χ4v) is 0.796. The highest BCUT2D eigenvalue weighted by atomic mass is 16.2. The first-order valence-corrected chi connectivity index (χ1v) is 3.79. The van der Waals surface area contributed by atoms with Gasteiger partial charge in [0.15, 0.2) is 0 Å². The van der Waals surface area contributed by atoms with Crippen molar-refractivity contribution in [1.82, 2.24) is 0 Å². The maximum absolute atomic E-state index is 9.82. The summed E-state index contributed by atoms with van der Waals surface area (Å²) in [6, 6.07) is 0. The van der Waals surface area contributed by atoms with E-state index in [0.717, 1.165) is 25.5 Å². The van der Waals surface area contributed by atoms with Crippen molar-refractivity contribution in [2.45, 2.75) is 32.1 Å². The number of unbranched alkanes of at least 4 members (excludes halogenated alkanes) is 4. The molecule has 0 aliphatic rings. The van der Waals surface area contributed by atoms with Crippen LogP contribution in [0.2, 0.25) is 0 Å². The van der Waals surface area contributed by atoms with Gasteiger partial charge in [-0.15, -0.1) is 6.58 Å². The van der Waals surface area contributed by atoms with Crippen LogP contribution in [0.1, 0.15) is 32.1 Å². The Labute approximate surface area is 63.1 Å². The van der Waals surface area contributed by atoms with Gasteiger partial charge in [0.25, 0.3) is 0 Å². The highest BCUT2D eigenvalue weighted by Gasteiger charge is 1.84. The van der Waals surface area contributed by atoms with Crippen molar-refractivity contribution < 1.29 is 5.11 Å². The van der Waals surface area contributed by atoms with Gasteiger partial charge in [-0.2, -0.15) is 0 Å². The second-order valence-corrected chi connectivity index (χ2v) is 2.30. The lowest BCUT2D eigenvalue weighted by atomic mass is 10.1. The molecule has 0 aliphatic carbocycles. The standard InChI is InChI=1S/C9H15O/c1-2-3-4-5-6-7-8-9-10/h2,8-9H,1,3-7H2. The third-order valence-electron chi connectivity index (χ3n) is 1.38. The predicted octanol–water partition coefficient (Wildman–Crippen LogP) is 3.07. The van der Waals surface area contributed by atoms with Crippen molar-refractivity contribution in [3.63, 3.8) is 0 Å². The smallest absolute Gasteiger partial charge is 0.138 e. The summed E-state index contributed by atoms with van der Waals surface area (Å²) in [6.45, 7) is 3.63. The zero-order valence-electron chi connectivity index (χ0n) is 6.38. The molecule has 0 aliphatic heterocycles. The van der Waals surface area contributed by atoms with E-state index in [4.69, 9.17) is 0 Å². The normalized spacial score (nSPS) is 10.4. The quantitative estimate of drug-likeness (QED) is 0.306. The molecule has 0 unspecified atom stereocenters. The van der Waals surface area contributed by atoms with Crippen LogP contribution in [0.3, 0.4) is 0 Å². The molecule has 0 heterocycles. The maximum Gasteiger partial charge on any atom is 0.138 e. The largest absolute Gasteiger partial charge is 0.299 e. The molecule has 0 atom stereocenters. The van der Waals surface area contributed by atoms with Gasteiger partial charge in [0, 0.05) is 0 Å². The van der Waals surface area contributed by atoms with E-state index in [1.54, 1.807) is 6.08 Å². The first kappa shape index (κ1) is 9.28. The van der Waals surface area contributed by atoms with Crippen LogP contribution in [0, 0.1) is 0 Å². The van der Waals surface area contributed by atoms with Crippen molar-refractivity contribution >= 4 is 0 Å². The molecule has 0 amide bonds. The van der Waals surface area contributed by atoms with E-state index in [-0.39, 0.29) is 0 Å². The van der Waals surface area contributed by atoms with Gasteiger partial charge >= 0.3 is 0 Å². The second-order valence-electron chi connectivity index (χ2n) is 2.30. The number of hydrogen-bond acceptors (Lipinski definition) is 0. The summed E-state index contributed by atoms with van der Waals surface area (Å²) in [6.07, 6.45) is 10.0. The Kier molecular flexibility index (Phi) is 7.68. The third-order valence-corrected chi connectivity index (χ3v) is 1.38. The fraction of sp³-hybridized carbons (Fsp3) is 0.556. The molecular formula is C9H15O. The molecule has 1 radical (unpaired) electrons. The molecule has 0 aromatic carbocycles. The fourth-order valence-electron chi connectivity index (χ4n) is 0.796. The Morgan fingerprint density at radius 1 is 1.10 bits per heavy atom. The molecule has 57 valence electrons. The maximum atomic E-state index is 9.82. The zero-order valence-corrected chi connectivity index (χ0v) is 6.38. The van der Waals surface area contributed by atoms with E-state index < -0.39 is 0 Å². The SMILES string of the molecule is C=CCCCCCC=C[O]. The van der Waals surface area contributed by atoms with Gasteiger partial charge < -0.3 is 0 Å². The van der Waals surface area contributed by atoms with Crippen LogP contribution in [-0.4, -0.2) is 0 Å². The highest BCUT2D eigenvalue weighted by Crippen LogP contribution is 2.03. The molecule has 0 saturated heterocycles. The van der Waals surface area contributed by atoms with Gasteiger partial charge in [-0.3, -0.25) is 5.11 Å². The molecule has 0 aromatic heterocycles. The van der Waals surface area contributed by atoms with E-state index in [1.165, 1.54) is 12.8 Å². The van der Waals surface area contributed by atoms with Crippen molar-refractivity contribution in [2.24, 2.45) is 0 Å². The average molecular weight is 139 g/mol. The molecule has 0 fully saturated rings. The summed E-state index contributed by atoms with van der Waals surface area (Å²) >= 11 is 0. The zero-order chi connectivity index (χ0) is 7.66. The second kappa shape index (κ2) is 8.28. The van der Waals surface area contributed by atoms with Gasteiger partial charge in [-0.05, 0) is 31.8 Å². The minimum absolute atomic E-state index is 0.869. The minimum Gasteiger partial charge on any atom is -0.299 e. The molecule has 0 bridgehead atoms. The first-order valence-electron chi connectivity index (χ1n) is 3.79. The van der Waals surface area contributed by atoms with Gasteiger partial charge in [0.2, 0.25) is 0 Å². The Morgan fingerprint density at radius 2 is 1.80 bits per heavy atom. The van der Waals surface area contributed by atoms with Crippen molar-refractivity contribution in [3.05, 3.63) is 25.0 Å². The Hall–Kier alpha value is -0.720. The van der Waals surface area contributed by atoms with Gasteiger partial charge in [0.05, 0.1) is 0 Å². The number of allylic oxidation sites excluding steroid dienone is 2. The summed E-state index contributed by atoms with van der Waals surface area (Å²) in [4.78, 5) is 0. The van der Waals surface area contributed by atoms with E-state index in [0.29, 0.717) is 0 Å². The lowest BCUT2D eigenvalue weighted by Gasteiger charge is -1.92. The molecule has 1 nitrogen and oxygen atoms in total. The summed E-state index contributed by atoms with van der Waals surface area (Å²) in [7, 11) is 0. The van der Waals surface area contributed by atoms with Gasteiger partial charge in [-0.1, -0.05) is 12.5 Å². The molecule has 0 N–H and O–H groups in total. The Morgan fingerprint density at radius 3 is 2.40 bits per heavy atom. The van der Waals surface area contributed by atoms with Gasteiger partial charge in [-0.25, -0.2) is 0 Å². The summed E-state index contributed by atoms with van der Waals surface area (Å²) in [5, 5.41) is 9.82. The van der Waals surface area contributed by atoms with Crippen molar-refractivity contribution in [3.8, 4) is 0 Å². The van der Waals surface area contributed by atoms with Gasteiger partial charge in [0.1, 0.15) is 6.26 Å². The minimum atomic E-state index is 0.869. The van der Waals surface area contributed by atoms with E-state index >= 15 is 0 Å². The van der Waals surface area contributed by atoms with Crippen LogP contribution in [0.5, 0.6) is 0 Å². The van der Waals surface area contributed by atoms with Crippen LogP contribution >= 0.6 is 0 Å². The Bertz CT molecular complexity index is 94.9. The molecule has 0 aromatic rings. The Balaban J connectivity index is 2.83.